The normalized spacial score (nSPS) is 16.4. The number of hydrazine groups is 1. The third-order valence-electron chi connectivity index (χ3n) is 3.78. The number of benzene rings is 2. The number of fused-ring (bicyclic) bond motifs is 1. The zero-order valence-electron chi connectivity index (χ0n) is 12.8. The summed E-state index contributed by atoms with van der Waals surface area (Å²) in [4.78, 5) is 25.3. The van der Waals surface area contributed by atoms with E-state index in [4.69, 9.17) is 0 Å². The van der Waals surface area contributed by atoms with E-state index in [9.17, 15) is 9.59 Å². The molecule has 2 amide bonds. The number of hydrogen-bond donors (Lipinski definition) is 2. The molecule has 7 heteroatoms. The largest absolute Gasteiger partial charge is 0.363 e. The molecule has 1 heterocycles. The Bertz CT molecular complexity index is 793. The molecule has 0 fully saturated rings. The van der Waals surface area contributed by atoms with Crippen molar-refractivity contribution in [2.45, 2.75) is 19.5 Å². The molecule has 0 spiro atoms. The van der Waals surface area contributed by atoms with Gasteiger partial charge in [0.05, 0.1) is 5.56 Å². The highest BCUT2D eigenvalue weighted by Gasteiger charge is 2.32. The summed E-state index contributed by atoms with van der Waals surface area (Å²) in [5, 5.41) is 4.64. The summed E-state index contributed by atoms with van der Waals surface area (Å²) in [5.41, 5.74) is 4.49. The average Bonchev–Trinajstić information content (AvgIpc) is 2.58. The number of amides is 2. The quantitative estimate of drug-likeness (QED) is 0.734. The molecule has 0 aliphatic carbocycles. The summed E-state index contributed by atoms with van der Waals surface area (Å²) in [6, 6.07) is 12.5. The first kappa shape index (κ1) is 17.0. The topological polar surface area (TPSA) is 61.4 Å². The second-order valence-corrected chi connectivity index (χ2v) is 7.21. The van der Waals surface area contributed by atoms with Crippen LogP contribution in [0, 0.1) is 0 Å². The van der Waals surface area contributed by atoms with Gasteiger partial charge in [0.15, 0.2) is 0 Å². The van der Waals surface area contributed by atoms with Crippen LogP contribution in [-0.4, -0.2) is 23.0 Å². The number of anilines is 1. The molecule has 2 aromatic carbocycles. The molecule has 1 aliphatic heterocycles. The van der Waals surface area contributed by atoms with Crippen molar-refractivity contribution >= 4 is 49.4 Å². The van der Waals surface area contributed by atoms with Gasteiger partial charge in [0.2, 0.25) is 0 Å². The Balaban J connectivity index is 1.87. The molecule has 2 aromatic rings. The second-order valence-electron chi connectivity index (χ2n) is 5.38. The molecule has 0 radical (unpaired) electrons. The molecule has 124 valence electrons. The minimum absolute atomic E-state index is 0.234. The van der Waals surface area contributed by atoms with E-state index in [1.807, 2.05) is 19.1 Å². The Hall–Kier alpha value is -1.86. The maximum absolute atomic E-state index is 12.8. The van der Waals surface area contributed by atoms with Gasteiger partial charge in [0, 0.05) is 20.2 Å². The Morgan fingerprint density at radius 1 is 1.17 bits per heavy atom. The van der Waals surface area contributed by atoms with E-state index >= 15 is 0 Å². The van der Waals surface area contributed by atoms with E-state index in [1.165, 1.54) is 5.01 Å². The Labute approximate surface area is 156 Å². The van der Waals surface area contributed by atoms with Crippen LogP contribution in [0.4, 0.5) is 5.69 Å². The number of halogens is 2. The number of nitrogens with one attached hydrogen (secondary N) is 2. The number of nitrogens with zero attached hydrogens (tertiary/aromatic N) is 1. The number of rotatable bonds is 3. The first-order chi connectivity index (χ1) is 11.5. The van der Waals surface area contributed by atoms with Gasteiger partial charge in [-0.2, -0.15) is 0 Å². The minimum Gasteiger partial charge on any atom is -0.363 e. The van der Waals surface area contributed by atoms with Crippen molar-refractivity contribution in [3.05, 3.63) is 62.5 Å². The van der Waals surface area contributed by atoms with Crippen molar-refractivity contribution < 1.29 is 9.59 Å². The molecule has 1 aliphatic rings. The van der Waals surface area contributed by atoms with Crippen LogP contribution in [0.15, 0.2) is 51.4 Å². The second kappa shape index (κ2) is 6.94. The lowest BCUT2D eigenvalue weighted by Gasteiger charge is -2.37. The van der Waals surface area contributed by atoms with Gasteiger partial charge in [0.25, 0.3) is 11.8 Å². The molecular weight excluding hydrogens is 438 g/mol. The van der Waals surface area contributed by atoms with Gasteiger partial charge in [-0.3, -0.25) is 15.0 Å². The molecule has 2 N–H and O–H groups in total. The van der Waals surface area contributed by atoms with E-state index in [0.29, 0.717) is 17.5 Å². The molecule has 0 aromatic heterocycles. The maximum Gasteiger partial charge on any atom is 0.276 e. The van der Waals surface area contributed by atoms with Crippen molar-refractivity contribution in [2.75, 3.05) is 5.32 Å². The van der Waals surface area contributed by atoms with Crippen LogP contribution >= 0.6 is 31.9 Å². The molecule has 3 rings (SSSR count). The van der Waals surface area contributed by atoms with Crippen LogP contribution in [-0.2, 0) is 0 Å². The van der Waals surface area contributed by atoms with E-state index in [-0.39, 0.29) is 18.0 Å². The molecule has 0 saturated heterocycles. The molecule has 0 saturated carbocycles. The van der Waals surface area contributed by atoms with Crippen molar-refractivity contribution in [1.29, 1.82) is 0 Å². The van der Waals surface area contributed by atoms with Gasteiger partial charge in [-0.25, -0.2) is 5.01 Å². The SMILES string of the molecule is CCC1Nc2ccc(Br)cc2C(=O)N1NC(=O)c1ccc(Br)cc1. The first-order valence-electron chi connectivity index (χ1n) is 7.46. The number of hydrogen-bond acceptors (Lipinski definition) is 3. The van der Waals surface area contributed by atoms with Crippen LogP contribution < -0.4 is 10.7 Å². The van der Waals surface area contributed by atoms with Gasteiger partial charge >= 0.3 is 0 Å². The van der Waals surface area contributed by atoms with Gasteiger partial charge in [0.1, 0.15) is 6.17 Å². The van der Waals surface area contributed by atoms with Gasteiger partial charge in [-0.1, -0.05) is 38.8 Å². The lowest BCUT2D eigenvalue weighted by molar-refractivity contribution is 0.0488. The van der Waals surface area contributed by atoms with Crippen LogP contribution in [0.25, 0.3) is 0 Å². The number of carbonyl (C=O) groups excluding carboxylic acids is 2. The highest BCUT2D eigenvalue weighted by atomic mass is 79.9. The summed E-state index contributed by atoms with van der Waals surface area (Å²) < 4.78 is 1.70. The van der Waals surface area contributed by atoms with E-state index in [2.05, 4.69) is 42.6 Å². The Morgan fingerprint density at radius 3 is 2.50 bits per heavy atom. The third kappa shape index (κ3) is 3.32. The Morgan fingerprint density at radius 2 is 1.83 bits per heavy atom. The van der Waals surface area contributed by atoms with E-state index in [0.717, 1.165) is 14.6 Å². The monoisotopic (exact) mass is 451 g/mol. The lowest BCUT2D eigenvalue weighted by Crippen LogP contribution is -2.57. The van der Waals surface area contributed by atoms with Crippen LogP contribution in [0.2, 0.25) is 0 Å². The highest BCUT2D eigenvalue weighted by Crippen LogP contribution is 2.28. The summed E-state index contributed by atoms with van der Waals surface area (Å²) in [7, 11) is 0. The van der Waals surface area contributed by atoms with Crippen molar-refractivity contribution in [2.24, 2.45) is 0 Å². The summed E-state index contributed by atoms with van der Waals surface area (Å²) in [5.74, 6) is -0.558. The smallest absolute Gasteiger partial charge is 0.276 e. The summed E-state index contributed by atoms with van der Waals surface area (Å²) in [6.07, 6.45) is 0.354. The fourth-order valence-electron chi connectivity index (χ4n) is 2.52. The zero-order valence-corrected chi connectivity index (χ0v) is 16.0. The van der Waals surface area contributed by atoms with E-state index in [1.54, 1.807) is 30.3 Å². The minimum atomic E-state index is -0.324. The first-order valence-corrected chi connectivity index (χ1v) is 9.04. The zero-order chi connectivity index (χ0) is 17.3. The third-order valence-corrected chi connectivity index (χ3v) is 4.80. The molecule has 5 nitrogen and oxygen atoms in total. The molecular formula is C17H15Br2N3O2. The van der Waals surface area contributed by atoms with Crippen LogP contribution in [0.1, 0.15) is 34.1 Å². The van der Waals surface area contributed by atoms with Gasteiger partial charge in [-0.05, 0) is 48.9 Å². The van der Waals surface area contributed by atoms with Crippen LogP contribution in [0.3, 0.4) is 0 Å². The summed E-state index contributed by atoms with van der Waals surface area (Å²) in [6.45, 7) is 1.95. The predicted molar refractivity (Wildman–Crippen MR) is 99.6 cm³/mol. The fourth-order valence-corrected chi connectivity index (χ4v) is 3.15. The number of carbonyl (C=O) groups is 2. The van der Waals surface area contributed by atoms with E-state index < -0.39 is 0 Å². The van der Waals surface area contributed by atoms with Gasteiger partial charge < -0.3 is 5.32 Å². The molecule has 24 heavy (non-hydrogen) atoms. The summed E-state index contributed by atoms with van der Waals surface area (Å²) >= 11 is 6.71. The maximum atomic E-state index is 12.8. The molecule has 0 bridgehead atoms. The standard InChI is InChI=1S/C17H15Br2N3O2/c1-2-15-20-14-8-7-12(19)9-13(14)17(24)22(15)21-16(23)10-3-5-11(18)6-4-10/h3-9,15,20H,2H2,1H3,(H,21,23). The van der Waals surface area contributed by atoms with Crippen LogP contribution in [0.5, 0.6) is 0 Å². The van der Waals surface area contributed by atoms with Gasteiger partial charge in [-0.15, -0.1) is 0 Å². The van der Waals surface area contributed by atoms with Crippen molar-refractivity contribution in [3.8, 4) is 0 Å². The average molecular weight is 453 g/mol. The lowest BCUT2D eigenvalue weighted by atomic mass is 10.1. The fraction of sp³-hybridized carbons (Fsp3) is 0.176. The highest BCUT2D eigenvalue weighted by molar-refractivity contribution is 9.10. The molecule has 1 unspecified atom stereocenters. The Kier molecular flexibility index (Phi) is 4.91. The molecule has 1 atom stereocenters. The van der Waals surface area contributed by atoms with Crippen molar-refractivity contribution in [1.82, 2.24) is 10.4 Å². The van der Waals surface area contributed by atoms with Crippen molar-refractivity contribution in [3.63, 3.8) is 0 Å². The predicted octanol–water partition coefficient (Wildman–Crippen LogP) is 4.16.